The summed E-state index contributed by atoms with van der Waals surface area (Å²) in [6.07, 6.45) is 5.72. The van der Waals surface area contributed by atoms with Crippen LogP contribution in [0.3, 0.4) is 0 Å². The van der Waals surface area contributed by atoms with Gasteiger partial charge in [0.1, 0.15) is 30.5 Å². The zero-order chi connectivity index (χ0) is 23.5. The number of imidazole rings is 1. The second-order valence-corrected chi connectivity index (χ2v) is 8.20. The number of carboxylic acid groups (broad SMARTS) is 1. The van der Waals surface area contributed by atoms with Crippen LogP contribution in [0.5, 0.6) is 17.2 Å². The number of hydrogen-bond donors (Lipinski definition) is 1. The highest BCUT2D eigenvalue weighted by Gasteiger charge is 2.07. The summed E-state index contributed by atoms with van der Waals surface area (Å²) in [6.45, 7) is 0.345. The van der Waals surface area contributed by atoms with Crippen molar-refractivity contribution in [3.63, 3.8) is 0 Å². The molecule has 33 heavy (non-hydrogen) atoms. The van der Waals surface area contributed by atoms with E-state index in [1.165, 1.54) is 24.3 Å². The average Bonchev–Trinajstić information content (AvgIpc) is 3.24. The summed E-state index contributed by atoms with van der Waals surface area (Å²) in [5.74, 6) is 1.47. The molecule has 0 bridgehead atoms. The van der Waals surface area contributed by atoms with Crippen LogP contribution in [0.25, 0.3) is 0 Å². The van der Waals surface area contributed by atoms with E-state index in [1.54, 1.807) is 30.1 Å². The Morgan fingerprint density at radius 3 is 2.03 bits per heavy atom. The fourth-order valence-electron chi connectivity index (χ4n) is 2.74. The van der Waals surface area contributed by atoms with Crippen molar-refractivity contribution in [1.82, 2.24) is 9.55 Å². The van der Waals surface area contributed by atoms with Crippen LogP contribution in [0.15, 0.2) is 66.1 Å². The molecule has 0 unspecified atom stereocenters. The van der Waals surface area contributed by atoms with Crippen LogP contribution in [0, 0.1) is 0 Å². The van der Waals surface area contributed by atoms with Gasteiger partial charge >= 0.3 is 5.97 Å². The lowest BCUT2D eigenvalue weighted by atomic mass is 10.2. The molecule has 0 atom stereocenters. The van der Waals surface area contributed by atoms with Crippen LogP contribution in [-0.2, 0) is 11.8 Å². The molecule has 1 aromatic heterocycles. The van der Waals surface area contributed by atoms with E-state index in [0.29, 0.717) is 18.1 Å². The van der Waals surface area contributed by atoms with Gasteiger partial charge < -0.3 is 23.9 Å². The van der Waals surface area contributed by atoms with Gasteiger partial charge in [0.15, 0.2) is 5.16 Å². The van der Waals surface area contributed by atoms with Crippen molar-refractivity contribution >= 4 is 23.5 Å². The number of carboxylic acids is 1. The smallest absolute Gasteiger partial charge is 0.335 e. The van der Waals surface area contributed by atoms with Gasteiger partial charge in [0.05, 0.1) is 12.2 Å². The molecule has 0 saturated heterocycles. The Kier molecular flexibility index (Phi) is 9.19. The number of rotatable bonds is 14. The number of Topliss-reactive ketones (excluding diaryl/α,β-unsaturated/α-hetero) is 1. The fourth-order valence-corrected chi connectivity index (χ4v) is 3.67. The zero-order valence-corrected chi connectivity index (χ0v) is 19.1. The minimum atomic E-state index is -1.02. The summed E-state index contributed by atoms with van der Waals surface area (Å²) >= 11 is 1.74. The third kappa shape index (κ3) is 8.19. The Hall–Kier alpha value is -3.46. The van der Waals surface area contributed by atoms with Gasteiger partial charge in [0, 0.05) is 25.2 Å². The monoisotopic (exact) mass is 470 g/mol. The normalized spacial score (nSPS) is 10.6. The maximum atomic E-state index is 12.0. The van der Waals surface area contributed by atoms with E-state index in [1.807, 2.05) is 29.9 Å². The van der Waals surface area contributed by atoms with Crippen molar-refractivity contribution in [3.05, 3.63) is 66.5 Å². The number of aromatic carboxylic acids is 1. The van der Waals surface area contributed by atoms with Gasteiger partial charge in [-0.15, -0.1) is 0 Å². The molecule has 3 aromatic rings. The lowest BCUT2D eigenvalue weighted by molar-refractivity contribution is -0.123. The molecule has 0 saturated carbocycles. The quantitative estimate of drug-likeness (QED) is 0.278. The first kappa shape index (κ1) is 24.2. The van der Waals surface area contributed by atoms with E-state index in [0.717, 1.165) is 29.5 Å². The summed E-state index contributed by atoms with van der Waals surface area (Å²) in [5, 5.41) is 9.90. The summed E-state index contributed by atoms with van der Waals surface area (Å²) < 4.78 is 18.6. The van der Waals surface area contributed by atoms with E-state index >= 15 is 0 Å². The SMILES string of the molecule is Cn1ccnc1SCCCCOc1ccc(OCC(=O)COc2ccc(C(=O)O)cc2)cc1. The number of unbranched alkanes of at least 4 members (excludes halogenated alkanes) is 1. The van der Waals surface area contributed by atoms with Crippen LogP contribution in [0.2, 0.25) is 0 Å². The lowest BCUT2D eigenvalue weighted by Crippen LogP contribution is -2.19. The van der Waals surface area contributed by atoms with Crippen LogP contribution in [0.1, 0.15) is 23.2 Å². The van der Waals surface area contributed by atoms with Crippen LogP contribution in [0.4, 0.5) is 0 Å². The van der Waals surface area contributed by atoms with Gasteiger partial charge in [-0.25, -0.2) is 9.78 Å². The summed E-state index contributed by atoms with van der Waals surface area (Å²) in [6, 6.07) is 13.0. The Morgan fingerprint density at radius 1 is 0.909 bits per heavy atom. The van der Waals surface area contributed by atoms with Crippen molar-refractivity contribution in [2.45, 2.75) is 18.0 Å². The van der Waals surface area contributed by atoms with Gasteiger partial charge in [0.25, 0.3) is 0 Å². The third-order valence-electron chi connectivity index (χ3n) is 4.54. The number of thioether (sulfide) groups is 1. The largest absolute Gasteiger partial charge is 0.494 e. The minimum absolute atomic E-state index is 0.124. The van der Waals surface area contributed by atoms with Crippen LogP contribution >= 0.6 is 11.8 Å². The first-order chi connectivity index (χ1) is 16.0. The number of benzene rings is 2. The van der Waals surface area contributed by atoms with Gasteiger partial charge in [-0.1, -0.05) is 11.8 Å². The molecular weight excluding hydrogens is 444 g/mol. The number of carbonyl (C=O) groups excluding carboxylic acids is 1. The maximum absolute atomic E-state index is 12.0. The number of ketones is 1. The van der Waals surface area contributed by atoms with Crippen molar-refractivity contribution in [2.24, 2.45) is 7.05 Å². The fraction of sp³-hybridized carbons (Fsp3) is 0.292. The van der Waals surface area contributed by atoms with Crippen molar-refractivity contribution in [1.29, 1.82) is 0 Å². The van der Waals surface area contributed by atoms with Crippen molar-refractivity contribution in [3.8, 4) is 17.2 Å². The Labute approximate surface area is 196 Å². The van der Waals surface area contributed by atoms with Crippen molar-refractivity contribution < 1.29 is 28.9 Å². The molecule has 0 spiro atoms. The number of carbonyl (C=O) groups is 2. The molecule has 0 radical (unpaired) electrons. The van der Waals surface area contributed by atoms with E-state index in [9.17, 15) is 9.59 Å². The van der Waals surface area contributed by atoms with Crippen molar-refractivity contribution in [2.75, 3.05) is 25.6 Å². The minimum Gasteiger partial charge on any atom is -0.494 e. The summed E-state index contributed by atoms with van der Waals surface area (Å²) in [5.41, 5.74) is 0.156. The van der Waals surface area contributed by atoms with Gasteiger partial charge in [-0.05, 0) is 61.4 Å². The molecule has 174 valence electrons. The molecule has 2 aromatic carbocycles. The highest BCUT2D eigenvalue weighted by Crippen LogP contribution is 2.19. The van der Waals surface area contributed by atoms with Crippen LogP contribution < -0.4 is 14.2 Å². The lowest BCUT2D eigenvalue weighted by Gasteiger charge is -2.09. The predicted octanol–water partition coefficient (Wildman–Crippen LogP) is 4.10. The molecule has 0 amide bonds. The molecule has 1 heterocycles. The molecular formula is C24H26N2O6S. The molecule has 8 nitrogen and oxygen atoms in total. The number of aryl methyl sites for hydroxylation is 1. The van der Waals surface area contributed by atoms with E-state index < -0.39 is 5.97 Å². The summed E-state index contributed by atoms with van der Waals surface area (Å²) in [4.78, 5) is 27.1. The van der Waals surface area contributed by atoms with E-state index in [-0.39, 0.29) is 24.6 Å². The Bertz CT molecular complexity index is 1030. The molecule has 0 aliphatic rings. The van der Waals surface area contributed by atoms with Gasteiger partial charge in [0.2, 0.25) is 5.78 Å². The predicted molar refractivity (Wildman–Crippen MR) is 125 cm³/mol. The number of aromatic nitrogens is 2. The molecule has 3 rings (SSSR count). The highest BCUT2D eigenvalue weighted by molar-refractivity contribution is 7.99. The van der Waals surface area contributed by atoms with E-state index in [2.05, 4.69) is 4.98 Å². The Balaban J connectivity index is 1.28. The molecule has 9 heteroatoms. The second kappa shape index (κ2) is 12.5. The maximum Gasteiger partial charge on any atom is 0.335 e. The van der Waals surface area contributed by atoms with Gasteiger partial charge in [-0.2, -0.15) is 0 Å². The third-order valence-corrected chi connectivity index (χ3v) is 5.68. The van der Waals surface area contributed by atoms with Crippen LogP contribution in [-0.4, -0.2) is 52.0 Å². The number of hydrogen-bond acceptors (Lipinski definition) is 7. The first-order valence-electron chi connectivity index (χ1n) is 10.4. The molecule has 0 aliphatic heterocycles. The summed E-state index contributed by atoms with van der Waals surface area (Å²) in [7, 11) is 1.99. The average molecular weight is 471 g/mol. The standard InChI is InChI=1S/C24H26N2O6S/c1-26-13-12-25-24(26)33-15-3-2-14-30-20-8-10-22(11-9-20)32-17-19(27)16-31-21-6-4-18(5-7-21)23(28)29/h4-13H,2-3,14-17H2,1H3,(H,28,29). The highest BCUT2D eigenvalue weighted by atomic mass is 32.2. The topological polar surface area (TPSA) is 99.9 Å². The second-order valence-electron chi connectivity index (χ2n) is 7.14. The molecule has 1 N–H and O–H groups in total. The molecule has 0 aliphatic carbocycles. The van der Waals surface area contributed by atoms with Gasteiger partial charge in [-0.3, -0.25) is 4.79 Å². The molecule has 0 fully saturated rings. The number of nitrogens with zero attached hydrogens (tertiary/aromatic N) is 2. The zero-order valence-electron chi connectivity index (χ0n) is 18.3. The Morgan fingerprint density at radius 2 is 1.48 bits per heavy atom. The number of ether oxygens (including phenoxy) is 3. The van der Waals surface area contributed by atoms with E-state index in [4.69, 9.17) is 19.3 Å². The first-order valence-corrected chi connectivity index (χ1v) is 11.4.